The van der Waals surface area contributed by atoms with Crippen LogP contribution in [-0.2, 0) is 9.59 Å². The van der Waals surface area contributed by atoms with Gasteiger partial charge in [0.2, 0.25) is 11.8 Å². The van der Waals surface area contributed by atoms with Gasteiger partial charge in [0, 0.05) is 13.1 Å². The number of amides is 2. The molecule has 1 saturated heterocycles. The molecule has 0 bridgehead atoms. The summed E-state index contributed by atoms with van der Waals surface area (Å²) in [5, 5.41) is 2.69. The van der Waals surface area contributed by atoms with Gasteiger partial charge in [-0.2, -0.15) is 0 Å². The fourth-order valence-electron chi connectivity index (χ4n) is 1.98. The van der Waals surface area contributed by atoms with Crippen molar-refractivity contribution in [3.63, 3.8) is 0 Å². The molecule has 1 aliphatic heterocycles. The second kappa shape index (κ2) is 6.22. The van der Waals surface area contributed by atoms with Crippen LogP contribution in [0.2, 0.25) is 0 Å². The summed E-state index contributed by atoms with van der Waals surface area (Å²) in [7, 11) is 0. The van der Waals surface area contributed by atoms with E-state index in [4.69, 9.17) is 4.74 Å². The monoisotopic (exact) mass is 262 g/mol. The maximum absolute atomic E-state index is 11.9. The van der Waals surface area contributed by atoms with Gasteiger partial charge >= 0.3 is 0 Å². The van der Waals surface area contributed by atoms with Gasteiger partial charge in [0.25, 0.3) is 0 Å². The van der Waals surface area contributed by atoms with Crippen LogP contribution in [-0.4, -0.2) is 43.0 Å². The van der Waals surface area contributed by atoms with Crippen molar-refractivity contribution < 1.29 is 14.3 Å². The Hall–Kier alpha value is -2.04. The van der Waals surface area contributed by atoms with Crippen LogP contribution < -0.4 is 10.1 Å². The molecule has 2 amide bonds. The number of hydrogen-bond donors (Lipinski definition) is 1. The van der Waals surface area contributed by atoms with Crippen LogP contribution in [0.5, 0.6) is 5.75 Å². The molecule has 1 aromatic carbocycles. The number of nitrogens with zero attached hydrogens (tertiary/aromatic N) is 1. The Morgan fingerprint density at radius 2 is 2.21 bits per heavy atom. The maximum Gasteiger partial charge on any atom is 0.239 e. The number of hydrogen-bond acceptors (Lipinski definition) is 3. The lowest BCUT2D eigenvalue weighted by molar-refractivity contribution is -0.138. The van der Waals surface area contributed by atoms with Gasteiger partial charge in [-0.05, 0) is 18.6 Å². The molecule has 0 atom stereocenters. The molecule has 0 saturated carbocycles. The summed E-state index contributed by atoms with van der Waals surface area (Å²) in [6.45, 7) is 3.56. The number of nitrogens with one attached hydrogen (secondary N) is 1. The predicted molar refractivity (Wildman–Crippen MR) is 70.9 cm³/mol. The summed E-state index contributed by atoms with van der Waals surface area (Å²) in [5.74, 6) is 0.662. The maximum atomic E-state index is 11.9. The first-order valence-electron chi connectivity index (χ1n) is 6.40. The van der Waals surface area contributed by atoms with Crippen molar-refractivity contribution in [1.29, 1.82) is 0 Å². The largest absolute Gasteiger partial charge is 0.493 e. The molecule has 0 radical (unpaired) electrons. The molecule has 1 aromatic rings. The van der Waals surface area contributed by atoms with Gasteiger partial charge in [-0.1, -0.05) is 18.2 Å². The minimum absolute atomic E-state index is 0.0385. The lowest BCUT2D eigenvalue weighted by atomic mass is 10.2. The zero-order valence-electron chi connectivity index (χ0n) is 11.0. The fourth-order valence-corrected chi connectivity index (χ4v) is 1.98. The van der Waals surface area contributed by atoms with Crippen LogP contribution in [0, 0.1) is 6.92 Å². The van der Waals surface area contributed by atoms with Crippen molar-refractivity contribution >= 4 is 11.8 Å². The average molecular weight is 262 g/mol. The van der Waals surface area contributed by atoms with Crippen LogP contribution in [0.4, 0.5) is 0 Å². The molecule has 1 N–H and O–H groups in total. The van der Waals surface area contributed by atoms with Crippen molar-refractivity contribution in [1.82, 2.24) is 10.2 Å². The van der Waals surface area contributed by atoms with Gasteiger partial charge in [0.15, 0.2) is 0 Å². The number of aryl methyl sites for hydroxylation is 1. The summed E-state index contributed by atoms with van der Waals surface area (Å²) in [6.07, 6.45) is 0.293. The summed E-state index contributed by atoms with van der Waals surface area (Å²) >= 11 is 0. The van der Waals surface area contributed by atoms with E-state index < -0.39 is 0 Å². The highest BCUT2D eigenvalue weighted by atomic mass is 16.5. The third-order valence-corrected chi connectivity index (χ3v) is 3.06. The second-order valence-electron chi connectivity index (χ2n) is 4.53. The number of para-hydroxylation sites is 1. The summed E-state index contributed by atoms with van der Waals surface area (Å²) in [6, 6.07) is 7.69. The molecule has 0 spiro atoms. The first kappa shape index (κ1) is 13.4. The van der Waals surface area contributed by atoms with E-state index in [9.17, 15) is 9.59 Å². The smallest absolute Gasteiger partial charge is 0.239 e. The minimum atomic E-state index is -0.0978. The predicted octanol–water partition coefficient (Wildman–Crippen LogP) is 0.722. The Bertz CT molecular complexity index is 474. The van der Waals surface area contributed by atoms with Gasteiger partial charge < -0.3 is 15.0 Å². The van der Waals surface area contributed by atoms with E-state index in [1.165, 1.54) is 0 Å². The Labute approximate surface area is 112 Å². The molecular weight excluding hydrogens is 244 g/mol. The number of carbonyl (C=O) groups is 2. The number of rotatable bonds is 4. The summed E-state index contributed by atoms with van der Waals surface area (Å²) in [5.41, 5.74) is 1.05. The highest BCUT2D eigenvalue weighted by molar-refractivity contribution is 5.85. The number of ether oxygens (including phenoxy) is 1. The van der Waals surface area contributed by atoms with Crippen molar-refractivity contribution in [2.45, 2.75) is 13.3 Å². The zero-order valence-corrected chi connectivity index (χ0v) is 11.0. The lowest BCUT2D eigenvalue weighted by Crippen LogP contribution is -2.50. The van der Waals surface area contributed by atoms with Crippen molar-refractivity contribution in [2.75, 3.05) is 26.2 Å². The van der Waals surface area contributed by atoms with E-state index in [1.807, 2.05) is 31.2 Å². The summed E-state index contributed by atoms with van der Waals surface area (Å²) < 4.78 is 5.58. The molecule has 1 heterocycles. The van der Waals surface area contributed by atoms with Gasteiger partial charge in [0.1, 0.15) is 5.75 Å². The van der Waals surface area contributed by atoms with Crippen molar-refractivity contribution in [3.05, 3.63) is 29.8 Å². The fraction of sp³-hybridized carbons (Fsp3) is 0.429. The van der Waals surface area contributed by atoms with Crippen LogP contribution in [0.15, 0.2) is 24.3 Å². The normalized spacial score (nSPS) is 15.0. The molecule has 102 valence electrons. The van der Waals surface area contributed by atoms with E-state index in [2.05, 4.69) is 5.32 Å². The molecule has 0 unspecified atom stereocenters. The Morgan fingerprint density at radius 1 is 1.42 bits per heavy atom. The van der Waals surface area contributed by atoms with E-state index in [-0.39, 0.29) is 18.4 Å². The van der Waals surface area contributed by atoms with Gasteiger partial charge in [-0.25, -0.2) is 0 Å². The first-order valence-corrected chi connectivity index (χ1v) is 6.40. The molecule has 1 aliphatic rings. The SMILES string of the molecule is Cc1ccccc1OCCC(=O)N1CCNC(=O)C1. The average Bonchev–Trinajstić information content (AvgIpc) is 2.41. The molecule has 0 aromatic heterocycles. The Kier molecular flexibility index (Phi) is 4.39. The molecular formula is C14H18N2O3. The van der Waals surface area contributed by atoms with Crippen molar-refractivity contribution in [2.24, 2.45) is 0 Å². The number of piperazine rings is 1. The van der Waals surface area contributed by atoms with Gasteiger partial charge in [-0.3, -0.25) is 9.59 Å². The molecule has 1 fully saturated rings. The molecule has 2 rings (SSSR count). The van der Waals surface area contributed by atoms with E-state index in [0.717, 1.165) is 11.3 Å². The van der Waals surface area contributed by atoms with E-state index in [1.54, 1.807) is 4.90 Å². The van der Waals surface area contributed by atoms with Crippen LogP contribution in [0.25, 0.3) is 0 Å². The third-order valence-electron chi connectivity index (χ3n) is 3.06. The standard InChI is InChI=1S/C14H18N2O3/c1-11-4-2-3-5-12(11)19-9-6-14(18)16-8-7-15-13(17)10-16/h2-5H,6-10H2,1H3,(H,15,17). The molecule has 19 heavy (non-hydrogen) atoms. The minimum Gasteiger partial charge on any atom is -0.493 e. The van der Waals surface area contributed by atoms with Crippen LogP contribution in [0.3, 0.4) is 0 Å². The van der Waals surface area contributed by atoms with E-state index in [0.29, 0.717) is 26.1 Å². The topological polar surface area (TPSA) is 58.6 Å². The Morgan fingerprint density at radius 3 is 2.95 bits per heavy atom. The highest BCUT2D eigenvalue weighted by Crippen LogP contribution is 2.16. The molecule has 5 nitrogen and oxygen atoms in total. The lowest BCUT2D eigenvalue weighted by Gasteiger charge is -2.26. The summed E-state index contributed by atoms with van der Waals surface area (Å²) in [4.78, 5) is 24.6. The van der Waals surface area contributed by atoms with Gasteiger partial charge in [0.05, 0.1) is 19.6 Å². The van der Waals surface area contributed by atoms with Gasteiger partial charge in [-0.15, -0.1) is 0 Å². The number of carbonyl (C=O) groups excluding carboxylic acids is 2. The highest BCUT2D eigenvalue weighted by Gasteiger charge is 2.20. The number of benzene rings is 1. The first-order chi connectivity index (χ1) is 9.16. The van der Waals surface area contributed by atoms with Crippen LogP contribution >= 0.6 is 0 Å². The Balaban J connectivity index is 1.78. The van der Waals surface area contributed by atoms with Crippen LogP contribution in [0.1, 0.15) is 12.0 Å². The van der Waals surface area contributed by atoms with E-state index >= 15 is 0 Å². The van der Waals surface area contributed by atoms with Crippen molar-refractivity contribution in [3.8, 4) is 5.75 Å². The zero-order chi connectivity index (χ0) is 13.7. The third kappa shape index (κ3) is 3.71. The quantitative estimate of drug-likeness (QED) is 0.870. The second-order valence-corrected chi connectivity index (χ2v) is 4.53. The molecule has 5 heteroatoms. The molecule has 0 aliphatic carbocycles.